The van der Waals surface area contributed by atoms with Gasteiger partial charge in [-0.3, -0.25) is 9.59 Å². The van der Waals surface area contributed by atoms with Crippen LogP contribution in [-0.4, -0.2) is 96.2 Å². The van der Waals surface area contributed by atoms with Crippen molar-refractivity contribution >= 4 is 34.7 Å². The molecule has 0 heterocycles. The van der Waals surface area contributed by atoms with E-state index in [9.17, 15) is 19.2 Å². The molecule has 13 nitrogen and oxygen atoms in total. The van der Waals surface area contributed by atoms with Crippen molar-refractivity contribution in [2.75, 3.05) is 33.9 Å². The van der Waals surface area contributed by atoms with E-state index in [0.29, 0.717) is 12.4 Å². The number of hydrogen-bond acceptors (Lipinski definition) is 8. The van der Waals surface area contributed by atoms with Crippen LogP contribution in [0.5, 0.6) is 5.75 Å². The highest BCUT2D eigenvalue weighted by Gasteiger charge is 2.33. The quantitative estimate of drug-likeness (QED) is 0.0907. The van der Waals surface area contributed by atoms with Crippen molar-refractivity contribution in [3.05, 3.63) is 114 Å². The van der Waals surface area contributed by atoms with Gasteiger partial charge in [0.15, 0.2) is 6.29 Å². The molecule has 1 unspecified atom stereocenters. The third-order valence-electron chi connectivity index (χ3n) is 8.80. The third-order valence-corrected chi connectivity index (χ3v) is 8.80. The zero-order valence-corrected chi connectivity index (χ0v) is 35.2. The first kappa shape index (κ1) is 45.0. The Labute approximate surface area is 342 Å². The van der Waals surface area contributed by atoms with Crippen molar-refractivity contribution in [3.8, 4) is 5.75 Å². The number of urea groups is 1. The van der Waals surface area contributed by atoms with Gasteiger partial charge in [0.05, 0.1) is 6.54 Å². The standard InChI is InChI=1S/C45H59N5O8/c1-10-56-40(55-9)31-49(29-35-21-16-20-34-19-14-15-22-37(34)35)41(52)38(27-32-23-25-36(26-24-32)57-44(2,3)4)47-39(51)30-50(43(54)58-45(5,6)7)48(8)42(53)46-28-33-17-12-11-13-18-33/h11-26,38,40H,10,27-31H2,1-9H3,(H,46,53)(H,47,51)/t38-,40?/m0/s1. The predicted molar refractivity (Wildman–Crippen MR) is 224 cm³/mol. The minimum atomic E-state index is -1.12. The topological polar surface area (TPSA) is 139 Å². The summed E-state index contributed by atoms with van der Waals surface area (Å²) in [6.45, 7) is 12.9. The van der Waals surface area contributed by atoms with Crippen LogP contribution in [0.4, 0.5) is 9.59 Å². The second kappa shape index (κ2) is 20.7. The number of hydrazine groups is 1. The number of nitrogens with one attached hydrogen (secondary N) is 2. The Morgan fingerprint density at radius 3 is 2.07 bits per heavy atom. The lowest BCUT2D eigenvalue weighted by molar-refractivity contribution is -0.154. The van der Waals surface area contributed by atoms with Gasteiger partial charge in [-0.1, -0.05) is 84.9 Å². The highest BCUT2D eigenvalue weighted by molar-refractivity contribution is 5.91. The van der Waals surface area contributed by atoms with Gasteiger partial charge in [-0.2, -0.15) is 0 Å². The van der Waals surface area contributed by atoms with Crippen LogP contribution in [0.1, 0.15) is 65.2 Å². The highest BCUT2D eigenvalue weighted by atomic mass is 16.7. The Bertz CT molecular complexity index is 1950. The zero-order valence-electron chi connectivity index (χ0n) is 35.2. The Morgan fingerprint density at radius 2 is 1.43 bits per heavy atom. The molecule has 0 aromatic heterocycles. The number of rotatable bonds is 16. The second-order valence-electron chi connectivity index (χ2n) is 15.9. The van der Waals surface area contributed by atoms with E-state index in [1.807, 2.05) is 125 Å². The molecule has 13 heteroatoms. The van der Waals surface area contributed by atoms with Crippen molar-refractivity contribution in [2.24, 2.45) is 0 Å². The predicted octanol–water partition coefficient (Wildman–Crippen LogP) is 7.08. The van der Waals surface area contributed by atoms with E-state index >= 15 is 0 Å². The fourth-order valence-corrected chi connectivity index (χ4v) is 6.11. The van der Waals surface area contributed by atoms with Gasteiger partial charge in [0.1, 0.15) is 29.5 Å². The van der Waals surface area contributed by atoms with E-state index in [1.165, 1.54) is 14.2 Å². The Balaban J connectivity index is 1.67. The molecule has 2 N–H and O–H groups in total. The summed E-state index contributed by atoms with van der Waals surface area (Å²) in [5, 5.41) is 9.57. The summed E-state index contributed by atoms with van der Waals surface area (Å²) in [5.41, 5.74) is 1.14. The number of amides is 5. The first-order valence-electron chi connectivity index (χ1n) is 19.5. The number of benzene rings is 4. The monoisotopic (exact) mass is 797 g/mol. The van der Waals surface area contributed by atoms with Gasteiger partial charge in [0, 0.05) is 40.3 Å². The van der Waals surface area contributed by atoms with E-state index in [1.54, 1.807) is 25.7 Å². The number of fused-ring (bicyclic) bond motifs is 1. The third kappa shape index (κ3) is 14.1. The molecule has 0 radical (unpaired) electrons. The van der Waals surface area contributed by atoms with Crippen LogP contribution in [0.15, 0.2) is 97.1 Å². The number of carbonyl (C=O) groups is 4. The fourth-order valence-electron chi connectivity index (χ4n) is 6.11. The Morgan fingerprint density at radius 1 is 0.776 bits per heavy atom. The highest BCUT2D eigenvalue weighted by Crippen LogP contribution is 2.23. The molecule has 0 spiro atoms. The molecule has 312 valence electrons. The molecule has 4 rings (SSSR count). The maximum Gasteiger partial charge on any atom is 0.429 e. The Hall–Kier alpha value is -5.66. The molecule has 4 aromatic carbocycles. The van der Waals surface area contributed by atoms with Gasteiger partial charge in [-0.15, -0.1) is 0 Å². The van der Waals surface area contributed by atoms with Crippen LogP contribution >= 0.6 is 0 Å². The van der Waals surface area contributed by atoms with E-state index < -0.39 is 54.0 Å². The van der Waals surface area contributed by atoms with E-state index in [2.05, 4.69) is 10.6 Å². The molecule has 0 saturated carbocycles. The van der Waals surface area contributed by atoms with Crippen LogP contribution in [0.3, 0.4) is 0 Å². The smallest absolute Gasteiger partial charge is 0.429 e. The van der Waals surface area contributed by atoms with Gasteiger partial charge in [0.2, 0.25) is 11.8 Å². The van der Waals surface area contributed by atoms with Crippen molar-refractivity contribution < 1.29 is 38.1 Å². The maximum atomic E-state index is 14.9. The summed E-state index contributed by atoms with van der Waals surface area (Å²) in [7, 11) is 2.88. The minimum absolute atomic E-state index is 0.0610. The summed E-state index contributed by atoms with van der Waals surface area (Å²) in [6.07, 6.45) is -1.58. The summed E-state index contributed by atoms with van der Waals surface area (Å²) in [6, 6.07) is 28.7. The molecular formula is C45H59N5O8. The number of methoxy groups -OCH3 is 1. The van der Waals surface area contributed by atoms with Crippen molar-refractivity contribution in [1.82, 2.24) is 25.6 Å². The number of hydrogen-bond donors (Lipinski definition) is 2. The first-order chi connectivity index (χ1) is 27.5. The molecule has 4 aromatic rings. The molecule has 0 aliphatic heterocycles. The van der Waals surface area contributed by atoms with Gasteiger partial charge >= 0.3 is 12.1 Å². The molecule has 5 amide bonds. The molecular weight excluding hydrogens is 739 g/mol. The lowest BCUT2D eigenvalue weighted by atomic mass is 10.0. The molecule has 0 aliphatic carbocycles. The summed E-state index contributed by atoms with van der Waals surface area (Å²) in [4.78, 5) is 57.6. The number of carbonyl (C=O) groups excluding carboxylic acids is 4. The summed E-state index contributed by atoms with van der Waals surface area (Å²) < 4.78 is 23.1. The lowest BCUT2D eigenvalue weighted by Crippen LogP contribution is -2.57. The lowest BCUT2D eigenvalue weighted by Gasteiger charge is -2.34. The SMILES string of the molecule is CCOC(CN(Cc1cccc2ccccc12)C(=O)[C@H](Cc1ccc(OC(C)(C)C)cc1)NC(=O)CN(C(=O)OC(C)(C)C)N(C)C(=O)NCc1ccccc1)OC. The van der Waals surface area contributed by atoms with Crippen molar-refractivity contribution in [2.45, 2.75) is 91.5 Å². The van der Waals surface area contributed by atoms with Crippen LogP contribution in [0, 0.1) is 0 Å². The summed E-state index contributed by atoms with van der Waals surface area (Å²) in [5.74, 6) is -0.448. The van der Waals surface area contributed by atoms with Crippen LogP contribution in [0.25, 0.3) is 10.8 Å². The van der Waals surface area contributed by atoms with E-state index in [-0.39, 0.29) is 26.1 Å². The van der Waals surface area contributed by atoms with E-state index in [4.69, 9.17) is 18.9 Å². The van der Waals surface area contributed by atoms with E-state index in [0.717, 1.165) is 37.5 Å². The van der Waals surface area contributed by atoms with Gasteiger partial charge in [-0.25, -0.2) is 19.6 Å². The second-order valence-corrected chi connectivity index (χ2v) is 15.9. The zero-order chi connectivity index (χ0) is 42.5. The average Bonchev–Trinajstić information content (AvgIpc) is 3.17. The van der Waals surface area contributed by atoms with Gasteiger partial charge < -0.3 is 34.5 Å². The van der Waals surface area contributed by atoms with Crippen molar-refractivity contribution in [3.63, 3.8) is 0 Å². The summed E-state index contributed by atoms with van der Waals surface area (Å²) >= 11 is 0. The minimum Gasteiger partial charge on any atom is -0.488 e. The number of nitrogens with zero attached hydrogens (tertiary/aromatic N) is 3. The van der Waals surface area contributed by atoms with Gasteiger partial charge in [0.25, 0.3) is 0 Å². The molecule has 0 fully saturated rings. The Kier molecular flexibility index (Phi) is 16.1. The van der Waals surface area contributed by atoms with Crippen LogP contribution < -0.4 is 15.4 Å². The maximum absolute atomic E-state index is 14.9. The fraction of sp³-hybridized carbons (Fsp3) is 0.422. The molecule has 2 atom stereocenters. The average molecular weight is 798 g/mol. The molecule has 58 heavy (non-hydrogen) atoms. The van der Waals surface area contributed by atoms with Gasteiger partial charge in [-0.05, 0) is 88.1 Å². The largest absolute Gasteiger partial charge is 0.488 e. The first-order valence-corrected chi connectivity index (χ1v) is 19.5. The molecule has 0 bridgehead atoms. The normalized spacial score (nSPS) is 12.6. The van der Waals surface area contributed by atoms with Crippen molar-refractivity contribution in [1.29, 1.82) is 0 Å². The van der Waals surface area contributed by atoms with Crippen LogP contribution in [-0.2, 0) is 43.3 Å². The number of ether oxygens (including phenoxy) is 4. The molecule has 0 aliphatic rings. The molecule has 0 saturated heterocycles. The van der Waals surface area contributed by atoms with Crippen LogP contribution in [0.2, 0.25) is 0 Å².